The molecule has 4 heteroatoms. The number of amides is 1. The van der Waals surface area contributed by atoms with E-state index in [4.69, 9.17) is 4.74 Å². The first kappa shape index (κ1) is 19.8. The van der Waals surface area contributed by atoms with Crippen molar-refractivity contribution < 1.29 is 9.53 Å². The van der Waals surface area contributed by atoms with Gasteiger partial charge in [-0.1, -0.05) is 24.3 Å². The summed E-state index contributed by atoms with van der Waals surface area (Å²) < 4.78 is 5.50. The number of aryl methyl sites for hydroxylation is 1. The van der Waals surface area contributed by atoms with Crippen molar-refractivity contribution in [3.8, 4) is 0 Å². The Morgan fingerprint density at radius 3 is 2.75 bits per heavy atom. The quantitative estimate of drug-likeness (QED) is 0.821. The number of likely N-dealkylation sites (tertiary alicyclic amines) is 1. The van der Waals surface area contributed by atoms with Gasteiger partial charge in [0.25, 0.3) is 0 Å². The molecule has 154 valence electrons. The van der Waals surface area contributed by atoms with Gasteiger partial charge in [0, 0.05) is 24.5 Å². The predicted molar refractivity (Wildman–Crippen MR) is 113 cm³/mol. The van der Waals surface area contributed by atoms with E-state index in [0.29, 0.717) is 11.5 Å². The predicted octanol–water partition coefficient (Wildman–Crippen LogP) is 4.66. The van der Waals surface area contributed by atoms with E-state index in [0.717, 1.165) is 38.4 Å². The Bertz CT molecular complexity index is 703. The Balaban J connectivity index is 1.20. The summed E-state index contributed by atoms with van der Waals surface area (Å²) in [5, 5.41) is 3.87. The summed E-state index contributed by atoms with van der Waals surface area (Å²) in [5.41, 5.74) is 3.21. The second-order valence-corrected chi connectivity index (χ2v) is 10.1. The largest absolute Gasteiger partial charge is 0.444 e. The summed E-state index contributed by atoms with van der Waals surface area (Å²) in [6.07, 6.45) is 8.49. The minimum absolute atomic E-state index is 0.153. The van der Waals surface area contributed by atoms with Crippen molar-refractivity contribution in [2.75, 3.05) is 19.6 Å². The molecule has 1 aromatic rings. The van der Waals surface area contributed by atoms with E-state index in [2.05, 4.69) is 29.6 Å². The molecule has 1 N–H and O–H groups in total. The van der Waals surface area contributed by atoms with Crippen molar-refractivity contribution in [3.05, 3.63) is 35.4 Å². The molecule has 2 aliphatic carbocycles. The van der Waals surface area contributed by atoms with Crippen molar-refractivity contribution in [2.45, 2.75) is 82.8 Å². The highest BCUT2D eigenvalue weighted by Gasteiger charge is 2.56. The number of rotatable bonds is 4. The molecule has 28 heavy (non-hydrogen) atoms. The molecule has 2 atom stereocenters. The maximum Gasteiger partial charge on any atom is 0.410 e. The highest BCUT2D eigenvalue weighted by Crippen LogP contribution is 2.55. The van der Waals surface area contributed by atoms with Gasteiger partial charge in [0.2, 0.25) is 0 Å². The lowest BCUT2D eigenvalue weighted by atomic mass is 9.79. The number of piperidine rings is 1. The molecule has 1 spiro atoms. The van der Waals surface area contributed by atoms with Gasteiger partial charge in [-0.3, -0.25) is 0 Å². The van der Waals surface area contributed by atoms with Crippen molar-refractivity contribution in [1.82, 2.24) is 10.2 Å². The van der Waals surface area contributed by atoms with Crippen molar-refractivity contribution in [1.29, 1.82) is 0 Å². The number of benzene rings is 1. The minimum Gasteiger partial charge on any atom is -0.444 e. The van der Waals surface area contributed by atoms with Crippen LogP contribution in [0.25, 0.3) is 0 Å². The van der Waals surface area contributed by atoms with Crippen LogP contribution in [0, 0.1) is 5.92 Å². The van der Waals surface area contributed by atoms with Gasteiger partial charge in [0.1, 0.15) is 5.60 Å². The van der Waals surface area contributed by atoms with E-state index in [9.17, 15) is 4.79 Å². The van der Waals surface area contributed by atoms with Gasteiger partial charge in [-0.05, 0) is 89.3 Å². The molecule has 4 nitrogen and oxygen atoms in total. The van der Waals surface area contributed by atoms with E-state index in [-0.39, 0.29) is 6.09 Å². The molecule has 1 amide bonds. The fourth-order valence-electron chi connectivity index (χ4n) is 5.29. The van der Waals surface area contributed by atoms with Crippen LogP contribution in [0.4, 0.5) is 4.79 Å². The maximum atomic E-state index is 12.2. The third-order valence-corrected chi connectivity index (χ3v) is 6.91. The van der Waals surface area contributed by atoms with Crippen LogP contribution in [0.3, 0.4) is 0 Å². The number of fused-ring (bicyclic) bond motifs is 2. The lowest BCUT2D eigenvalue weighted by Crippen LogP contribution is -2.42. The Labute approximate surface area is 170 Å². The molecule has 3 aliphatic rings. The Morgan fingerprint density at radius 2 is 2.00 bits per heavy atom. The average Bonchev–Trinajstić information content (AvgIpc) is 3.34. The first-order chi connectivity index (χ1) is 13.4. The van der Waals surface area contributed by atoms with E-state index in [1.807, 2.05) is 25.7 Å². The van der Waals surface area contributed by atoms with Gasteiger partial charge >= 0.3 is 6.09 Å². The van der Waals surface area contributed by atoms with Crippen molar-refractivity contribution in [2.24, 2.45) is 5.92 Å². The zero-order chi connectivity index (χ0) is 19.8. The number of carbonyl (C=O) groups excluding carboxylic acids is 1. The number of ether oxygens (including phenoxy) is 1. The SMILES string of the molecule is CC(C)(C)OC(=O)N1CCC(CCNC2CC23CCCc2ccccc23)CC1. The molecule has 1 aromatic carbocycles. The standard InChI is InChI=1S/C24H36N2O2/c1-23(2,3)28-22(27)26-15-11-18(12-16-26)10-14-25-21-17-24(21)13-6-8-19-7-4-5-9-20(19)24/h4-5,7,9,18,21,25H,6,8,10-17H2,1-3H3. The molecule has 4 rings (SSSR count). The van der Waals surface area contributed by atoms with E-state index in [1.165, 1.54) is 32.1 Å². The van der Waals surface area contributed by atoms with Crippen molar-refractivity contribution in [3.63, 3.8) is 0 Å². The summed E-state index contributed by atoms with van der Waals surface area (Å²) in [6.45, 7) is 8.56. The highest BCUT2D eigenvalue weighted by atomic mass is 16.6. The van der Waals surface area contributed by atoms with Gasteiger partial charge < -0.3 is 15.0 Å². The van der Waals surface area contributed by atoms with Crippen LogP contribution in [0.15, 0.2) is 24.3 Å². The molecule has 2 unspecified atom stereocenters. The van der Waals surface area contributed by atoms with Crippen LogP contribution < -0.4 is 5.32 Å². The summed E-state index contributed by atoms with van der Waals surface area (Å²) in [5.74, 6) is 0.722. The number of nitrogens with zero attached hydrogens (tertiary/aromatic N) is 1. The van der Waals surface area contributed by atoms with Crippen LogP contribution in [0.2, 0.25) is 0 Å². The Kier molecular flexibility index (Phi) is 5.43. The molecule has 0 bridgehead atoms. The van der Waals surface area contributed by atoms with Gasteiger partial charge in [-0.2, -0.15) is 0 Å². The third-order valence-electron chi connectivity index (χ3n) is 6.91. The Hall–Kier alpha value is -1.55. The van der Waals surface area contributed by atoms with Crippen LogP contribution in [0.5, 0.6) is 0 Å². The van der Waals surface area contributed by atoms with Crippen molar-refractivity contribution >= 4 is 6.09 Å². The molecule has 1 aliphatic heterocycles. The molecule has 0 aromatic heterocycles. The first-order valence-corrected chi connectivity index (χ1v) is 11.2. The molecule has 1 saturated carbocycles. The van der Waals surface area contributed by atoms with Crippen LogP contribution in [-0.2, 0) is 16.6 Å². The van der Waals surface area contributed by atoms with Crippen LogP contribution in [-0.4, -0.2) is 42.3 Å². The molecule has 0 radical (unpaired) electrons. The second kappa shape index (κ2) is 7.70. The molecule has 1 saturated heterocycles. The van der Waals surface area contributed by atoms with Crippen LogP contribution in [0.1, 0.15) is 70.4 Å². The zero-order valence-electron chi connectivity index (χ0n) is 17.8. The normalized spacial score (nSPS) is 27.5. The lowest BCUT2D eigenvalue weighted by molar-refractivity contribution is 0.0181. The van der Waals surface area contributed by atoms with Gasteiger partial charge in [-0.15, -0.1) is 0 Å². The topological polar surface area (TPSA) is 41.6 Å². The number of hydrogen-bond acceptors (Lipinski definition) is 3. The summed E-state index contributed by atoms with van der Waals surface area (Å²) >= 11 is 0. The van der Waals surface area contributed by atoms with Gasteiger partial charge in [-0.25, -0.2) is 4.79 Å². The molecular weight excluding hydrogens is 348 g/mol. The lowest BCUT2D eigenvalue weighted by Gasteiger charge is -2.33. The van der Waals surface area contributed by atoms with Gasteiger partial charge in [0.15, 0.2) is 0 Å². The summed E-state index contributed by atoms with van der Waals surface area (Å²) in [6, 6.07) is 9.74. The third kappa shape index (κ3) is 4.22. The smallest absolute Gasteiger partial charge is 0.410 e. The van der Waals surface area contributed by atoms with E-state index in [1.54, 1.807) is 11.1 Å². The first-order valence-electron chi connectivity index (χ1n) is 11.2. The second-order valence-electron chi connectivity index (χ2n) is 10.1. The zero-order valence-corrected chi connectivity index (χ0v) is 17.8. The molecular formula is C24H36N2O2. The Morgan fingerprint density at radius 1 is 1.25 bits per heavy atom. The molecule has 2 fully saturated rings. The number of carbonyl (C=O) groups is 1. The number of nitrogens with one attached hydrogen (secondary N) is 1. The monoisotopic (exact) mass is 384 g/mol. The summed E-state index contributed by atoms with van der Waals surface area (Å²) in [7, 11) is 0. The molecule has 1 heterocycles. The fourth-order valence-corrected chi connectivity index (χ4v) is 5.29. The average molecular weight is 385 g/mol. The fraction of sp³-hybridized carbons (Fsp3) is 0.708. The van der Waals surface area contributed by atoms with Gasteiger partial charge in [0.05, 0.1) is 0 Å². The maximum absolute atomic E-state index is 12.2. The summed E-state index contributed by atoms with van der Waals surface area (Å²) in [4.78, 5) is 14.1. The van der Waals surface area contributed by atoms with E-state index >= 15 is 0 Å². The highest BCUT2D eigenvalue weighted by molar-refractivity contribution is 5.68. The number of hydrogen-bond donors (Lipinski definition) is 1. The van der Waals surface area contributed by atoms with Crippen LogP contribution >= 0.6 is 0 Å². The van der Waals surface area contributed by atoms with E-state index < -0.39 is 5.60 Å². The minimum atomic E-state index is -0.407.